The first kappa shape index (κ1) is 14.0. The SMILES string of the molecule is c1cncc(-c2ccc3c(c2)SN([C@H]2CN4CCC2CC4)C3)c1. The molecule has 0 aliphatic carbocycles. The lowest BCUT2D eigenvalue weighted by molar-refractivity contribution is 0.0420. The molecule has 3 fully saturated rings. The lowest BCUT2D eigenvalue weighted by atomic mass is 9.84. The van der Waals surface area contributed by atoms with Crippen LogP contribution in [-0.4, -0.2) is 39.9 Å². The molecule has 118 valence electrons. The highest BCUT2D eigenvalue weighted by Gasteiger charge is 2.39. The normalized spacial score (nSPS) is 29.7. The van der Waals surface area contributed by atoms with E-state index in [4.69, 9.17) is 0 Å². The summed E-state index contributed by atoms with van der Waals surface area (Å²) in [6.07, 6.45) is 6.56. The summed E-state index contributed by atoms with van der Waals surface area (Å²) < 4.78 is 2.65. The first-order valence-corrected chi connectivity index (χ1v) is 9.34. The third kappa shape index (κ3) is 2.49. The van der Waals surface area contributed by atoms with Gasteiger partial charge in [-0.2, -0.15) is 0 Å². The van der Waals surface area contributed by atoms with Gasteiger partial charge >= 0.3 is 0 Å². The lowest BCUT2D eigenvalue weighted by Gasteiger charge is -2.47. The molecule has 1 aromatic carbocycles. The molecular formula is C19H21N3S. The third-order valence-corrected chi connectivity index (χ3v) is 6.81. The number of nitrogens with zero attached hydrogens (tertiary/aromatic N) is 3. The van der Waals surface area contributed by atoms with Gasteiger partial charge in [0.05, 0.1) is 0 Å². The van der Waals surface area contributed by atoms with E-state index in [0.717, 1.165) is 18.5 Å². The van der Waals surface area contributed by atoms with Gasteiger partial charge in [0.15, 0.2) is 0 Å². The third-order valence-electron chi connectivity index (χ3n) is 5.60. The molecule has 0 amide bonds. The highest BCUT2D eigenvalue weighted by molar-refractivity contribution is 7.97. The molecule has 4 aliphatic heterocycles. The van der Waals surface area contributed by atoms with Crippen LogP contribution in [0.4, 0.5) is 0 Å². The second-order valence-corrected chi connectivity index (χ2v) is 8.03. The molecule has 1 aromatic heterocycles. The van der Waals surface area contributed by atoms with Gasteiger partial charge in [0.25, 0.3) is 0 Å². The molecule has 2 aromatic rings. The topological polar surface area (TPSA) is 19.4 Å². The molecule has 4 heteroatoms. The first-order valence-electron chi connectivity index (χ1n) is 8.57. The Kier molecular flexibility index (Phi) is 3.43. The van der Waals surface area contributed by atoms with Gasteiger partial charge in [0, 0.05) is 42.0 Å². The molecule has 3 nitrogen and oxygen atoms in total. The van der Waals surface area contributed by atoms with Crippen molar-refractivity contribution in [2.24, 2.45) is 5.92 Å². The average Bonchev–Trinajstić information content (AvgIpc) is 3.06. The number of benzene rings is 1. The van der Waals surface area contributed by atoms with Crippen molar-refractivity contribution in [3.8, 4) is 11.1 Å². The van der Waals surface area contributed by atoms with E-state index in [1.165, 1.54) is 54.1 Å². The van der Waals surface area contributed by atoms with Crippen molar-refractivity contribution >= 4 is 11.9 Å². The summed E-state index contributed by atoms with van der Waals surface area (Å²) in [5, 5.41) is 0. The van der Waals surface area contributed by atoms with Crippen molar-refractivity contribution in [2.45, 2.75) is 30.3 Å². The van der Waals surface area contributed by atoms with Crippen molar-refractivity contribution in [1.82, 2.24) is 14.2 Å². The van der Waals surface area contributed by atoms with Crippen LogP contribution >= 0.6 is 11.9 Å². The predicted molar refractivity (Wildman–Crippen MR) is 94.0 cm³/mol. The largest absolute Gasteiger partial charge is 0.302 e. The molecule has 0 radical (unpaired) electrons. The Morgan fingerprint density at radius 2 is 2.00 bits per heavy atom. The summed E-state index contributed by atoms with van der Waals surface area (Å²) in [6.45, 7) is 5.00. The van der Waals surface area contributed by atoms with Crippen molar-refractivity contribution in [3.63, 3.8) is 0 Å². The Morgan fingerprint density at radius 3 is 2.74 bits per heavy atom. The molecule has 0 unspecified atom stereocenters. The highest BCUT2D eigenvalue weighted by atomic mass is 32.2. The molecule has 3 saturated heterocycles. The minimum absolute atomic E-state index is 0.733. The van der Waals surface area contributed by atoms with Crippen molar-refractivity contribution in [3.05, 3.63) is 48.3 Å². The zero-order chi connectivity index (χ0) is 15.2. The highest BCUT2D eigenvalue weighted by Crippen LogP contribution is 2.43. The molecule has 0 saturated carbocycles. The summed E-state index contributed by atoms with van der Waals surface area (Å²) in [4.78, 5) is 8.33. The molecule has 1 atom stereocenters. The second-order valence-electron chi connectivity index (χ2n) is 6.94. The van der Waals surface area contributed by atoms with E-state index in [1.54, 1.807) is 0 Å². The maximum Gasteiger partial charge on any atom is 0.0366 e. The van der Waals surface area contributed by atoms with Gasteiger partial charge in [-0.15, -0.1) is 0 Å². The molecule has 5 heterocycles. The summed E-state index contributed by atoms with van der Waals surface area (Å²) >= 11 is 1.98. The van der Waals surface area contributed by atoms with Gasteiger partial charge in [-0.3, -0.25) is 4.98 Å². The van der Waals surface area contributed by atoms with Gasteiger partial charge in [0.1, 0.15) is 0 Å². The summed E-state index contributed by atoms with van der Waals surface area (Å²) in [5.74, 6) is 0.902. The van der Waals surface area contributed by atoms with Crippen LogP contribution in [0.5, 0.6) is 0 Å². The molecule has 23 heavy (non-hydrogen) atoms. The number of aromatic nitrogens is 1. The number of pyridine rings is 1. The summed E-state index contributed by atoms with van der Waals surface area (Å²) in [6, 6.07) is 11.8. The zero-order valence-electron chi connectivity index (χ0n) is 13.2. The van der Waals surface area contributed by atoms with Gasteiger partial charge in [-0.05, 0) is 67.1 Å². The van der Waals surface area contributed by atoms with Crippen LogP contribution in [0, 0.1) is 5.92 Å². The minimum atomic E-state index is 0.733. The van der Waals surface area contributed by atoms with Crippen LogP contribution in [0.25, 0.3) is 11.1 Å². The van der Waals surface area contributed by atoms with Gasteiger partial charge in [-0.1, -0.05) is 18.2 Å². The first-order chi connectivity index (χ1) is 11.4. The van der Waals surface area contributed by atoms with E-state index in [9.17, 15) is 0 Å². The fourth-order valence-corrected chi connectivity index (χ4v) is 5.51. The Labute approximate surface area is 141 Å². The van der Waals surface area contributed by atoms with Gasteiger partial charge in [-0.25, -0.2) is 4.31 Å². The molecule has 0 spiro atoms. The maximum atomic E-state index is 4.25. The summed E-state index contributed by atoms with van der Waals surface area (Å²) in [5.41, 5.74) is 3.97. The van der Waals surface area contributed by atoms with E-state index in [-0.39, 0.29) is 0 Å². The Balaban J connectivity index is 1.39. The van der Waals surface area contributed by atoms with E-state index >= 15 is 0 Å². The molecule has 2 bridgehead atoms. The monoisotopic (exact) mass is 323 g/mol. The molecule has 6 rings (SSSR count). The lowest BCUT2D eigenvalue weighted by Crippen LogP contribution is -2.54. The van der Waals surface area contributed by atoms with E-state index in [1.807, 2.05) is 30.4 Å². The standard InChI is InChI=1S/C19H21N3S/c1-2-16(11-20-7-1)15-3-4-17-12-22(23-19(17)10-15)18-13-21-8-5-14(18)6-9-21/h1-4,7,10-11,14,18H,5-6,8-9,12-13H2/t18-/m0/s1. The Bertz CT molecular complexity index is 710. The smallest absolute Gasteiger partial charge is 0.0366 e. The minimum Gasteiger partial charge on any atom is -0.302 e. The number of fused-ring (bicyclic) bond motifs is 4. The van der Waals surface area contributed by atoms with Crippen LogP contribution in [0.15, 0.2) is 47.6 Å². The molecule has 0 N–H and O–H groups in total. The number of rotatable bonds is 2. The second kappa shape index (κ2) is 5.62. The fourth-order valence-electron chi connectivity index (χ4n) is 4.25. The van der Waals surface area contributed by atoms with Gasteiger partial charge < -0.3 is 4.90 Å². The maximum absolute atomic E-state index is 4.25. The number of hydrogen-bond acceptors (Lipinski definition) is 4. The quantitative estimate of drug-likeness (QED) is 0.785. The predicted octanol–water partition coefficient (Wildman–Crippen LogP) is 3.67. The van der Waals surface area contributed by atoms with Crippen LogP contribution < -0.4 is 0 Å². The zero-order valence-corrected chi connectivity index (χ0v) is 14.0. The number of piperidine rings is 3. The van der Waals surface area contributed by atoms with Crippen LogP contribution in [-0.2, 0) is 6.54 Å². The summed E-state index contributed by atoms with van der Waals surface area (Å²) in [7, 11) is 0. The van der Waals surface area contributed by atoms with E-state index in [0.29, 0.717) is 0 Å². The van der Waals surface area contributed by atoms with Crippen molar-refractivity contribution in [2.75, 3.05) is 19.6 Å². The number of hydrogen-bond donors (Lipinski definition) is 0. The van der Waals surface area contributed by atoms with Crippen LogP contribution in [0.2, 0.25) is 0 Å². The Morgan fingerprint density at radius 1 is 1.09 bits per heavy atom. The van der Waals surface area contributed by atoms with Crippen molar-refractivity contribution < 1.29 is 0 Å². The average molecular weight is 323 g/mol. The van der Waals surface area contributed by atoms with E-state index in [2.05, 4.69) is 38.5 Å². The fraction of sp³-hybridized carbons (Fsp3) is 0.421. The van der Waals surface area contributed by atoms with E-state index < -0.39 is 0 Å². The molecular weight excluding hydrogens is 302 g/mol. The molecule has 4 aliphatic rings. The Hall–Kier alpha value is -1.36. The van der Waals surface area contributed by atoms with Gasteiger partial charge in [0.2, 0.25) is 0 Å². The van der Waals surface area contributed by atoms with Crippen molar-refractivity contribution in [1.29, 1.82) is 0 Å². The van der Waals surface area contributed by atoms with Crippen LogP contribution in [0.1, 0.15) is 18.4 Å². The van der Waals surface area contributed by atoms with Crippen LogP contribution in [0.3, 0.4) is 0 Å².